The number of nitrogens with one attached hydrogen (secondary N) is 1. The van der Waals surface area contributed by atoms with Gasteiger partial charge in [0.15, 0.2) is 0 Å². The molecule has 0 amide bonds. The maximum Gasteiger partial charge on any atom is 0.0625 e. The molecule has 86 valence electrons. The summed E-state index contributed by atoms with van der Waals surface area (Å²) in [6, 6.07) is 0. The van der Waals surface area contributed by atoms with Gasteiger partial charge in [-0.1, -0.05) is 0 Å². The lowest BCUT2D eigenvalue weighted by Gasteiger charge is -2.20. The number of thioether (sulfide) groups is 1. The van der Waals surface area contributed by atoms with Crippen molar-refractivity contribution < 1.29 is 0 Å². The fraction of sp³-hybridized carbons (Fsp3) is 0.727. The molecule has 0 saturated heterocycles. The average molecular weight is 227 g/mol. The van der Waals surface area contributed by atoms with Gasteiger partial charge in [0.05, 0.1) is 6.20 Å². The van der Waals surface area contributed by atoms with E-state index >= 15 is 0 Å². The van der Waals surface area contributed by atoms with E-state index in [2.05, 4.69) is 37.4 Å². The summed E-state index contributed by atoms with van der Waals surface area (Å²) in [5, 5.41) is 7.61. The largest absolute Gasteiger partial charge is 0.312 e. The molecule has 1 aromatic heterocycles. The number of hydrogen-bond donors (Lipinski definition) is 1. The molecular weight excluding hydrogens is 206 g/mol. The van der Waals surface area contributed by atoms with E-state index in [9.17, 15) is 0 Å². The highest BCUT2D eigenvalue weighted by atomic mass is 32.2. The van der Waals surface area contributed by atoms with Gasteiger partial charge in [-0.3, -0.25) is 4.68 Å². The molecule has 0 bridgehead atoms. The van der Waals surface area contributed by atoms with Crippen molar-refractivity contribution in [3.63, 3.8) is 0 Å². The number of hydrogen-bond acceptors (Lipinski definition) is 3. The van der Waals surface area contributed by atoms with Crippen molar-refractivity contribution in [3.8, 4) is 0 Å². The van der Waals surface area contributed by atoms with Crippen LogP contribution in [0.15, 0.2) is 17.3 Å². The Kier molecular flexibility index (Phi) is 4.67. The fourth-order valence-corrected chi connectivity index (χ4v) is 2.07. The van der Waals surface area contributed by atoms with Crippen molar-refractivity contribution in [2.45, 2.75) is 37.6 Å². The van der Waals surface area contributed by atoms with E-state index < -0.39 is 0 Å². The summed E-state index contributed by atoms with van der Waals surface area (Å²) >= 11 is 1.87. The van der Waals surface area contributed by atoms with E-state index in [1.54, 1.807) is 0 Å². The summed E-state index contributed by atoms with van der Waals surface area (Å²) in [7, 11) is 1.95. The standard InChI is InChI=1S/C11H21N3S/c1-11(2,3)12-6-5-7-15-10-8-13-14(4)9-10/h8-9,12H,5-7H2,1-4H3. The molecule has 0 fully saturated rings. The highest BCUT2D eigenvalue weighted by Gasteiger charge is 2.07. The Morgan fingerprint density at radius 2 is 2.20 bits per heavy atom. The molecule has 1 heterocycles. The van der Waals surface area contributed by atoms with Crippen molar-refractivity contribution in [2.24, 2.45) is 7.05 Å². The van der Waals surface area contributed by atoms with E-state index in [4.69, 9.17) is 0 Å². The van der Waals surface area contributed by atoms with Gasteiger partial charge in [0, 0.05) is 23.7 Å². The lowest BCUT2D eigenvalue weighted by Crippen LogP contribution is -2.36. The fourth-order valence-electron chi connectivity index (χ4n) is 1.20. The van der Waals surface area contributed by atoms with E-state index in [-0.39, 0.29) is 5.54 Å². The highest BCUT2D eigenvalue weighted by molar-refractivity contribution is 7.99. The summed E-state index contributed by atoms with van der Waals surface area (Å²) in [5.41, 5.74) is 0.235. The van der Waals surface area contributed by atoms with Gasteiger partial charge in [-0.25, -0.2) is 0 Å². The molecule has 0 saturated carbocycles. The van der Waals surface area contributed by atoms with E-state index in [0.717, 1.165) is 12.3 Å². The van der Waals surface area contributed by atoms with Gasteiger partial charge in [-0.15, -0.1) is 11.8 Å². The van der Waals surface area contributed by atoms with Gasteiger partial charge in [0.25, 0.3) is 0 Å². The van der Waals surface area contributed by atoms with Crippen molar-refractivity contribution in [1.82, 2.24) is 15.1 Å². The van der Waals surface area contributed by atoms with Crippen LogP contribution in [0.4, 0.5) is 0 Å². The molecule has 3 nitrogen and oxygen atoms in total. The minimum absolute atomic E-state index is 0.235. The van der Waals surface area contributed by atoms with Crippen molar-refractivity contribution in [2.75, 3.05) is 12.3 Å². The van der Waals surface area contributed by atoms with Crippen molar-refractivity contribution >= 4 is 11.8 Å². The zero-order valence-corrected chi connectivity index (χ0v) is 10.9. The molecule has 1 aromatic rings. The zero-order chi connectivity index (χ0) is 11.3. The highest BCUT2D eigenvalue weighted by Crippen LogP contribution is 2.16. The van der Waals surface area contributed by atoms with Crippen molar-refractivity contribution in [3.05, 3.63) is 12.4 Å². The number of aryl methyl sites for hydroxylation is 1. The monoisotopic (exact) mass is 227 g/mol. The molecule has 0 aromatic carbocycles. The maximum absolute atomic E-state index is 4.13. The molecule has 0 aliphatic heterocycles. The van der Waals surface area contributed by atoms with Crippen LogP contribution in [0, 0.1) is 0 Å². The predicted octanol–water partition coefficient (Wildman–Crippen LogP) is 2.29. The van der Waals surface area contributed by atoms with E-state index in [1.807, 2.05) is 29.7 Å². The molecule has 15 heavy (non-hydrogen) atoms. The minimum Gasteiger partial charge on any atom is -0.312 e. The van der Waals surface area contributed by atoms with Crippen LogP contribution in [0.25, 0.3) is 0 Å². The van der Waals surface area contributed by atoms with Crippen LogP contribution in [0.1, 0.15) is 27.2 Å². The zero-order valence-electron chi connectivity index (χ0n) is 10.1. The molecule has 0 atom stereocenters. The van der Waals surface area contributed by atoms with Gasteiger partial charge in [0.1, 0.15) is 0 Å². The van der Waals surface area contributed by atoms with Crippen molar-refractivity contribution in [1.29, 1.82) is 0 Å². The first-order valence-corrected chi connectivity index (χ1v) is 6.32. The molecule has 0 radical (unpaired) electrons. The minimum atomic E-state index is 0.235. The second-order valence-electron chi connectivity index (χ2n) is 4.73. The Labute approximate surface area is 96.6 Å². The quantitative estimate of drug-likeness (QED) is 0.618. The first kappa shape index (κ1) is 12.6. The second-order valence-corrected chi connectivity index (χ2v) is 5.90. The van der Waals surface area contributed by atoms with Gasteiger partial charge in [-0.05, 0) is 39.5 Å². The summed E-state index contributed by atoms with van der Waals surface area (Å²) in [5.74, 6) is 1.15. The molecule has 1 N–H and O–H groups in total. The van der Waals surface area contributed by atoms with Crippen LogP contribution in [0.3, 0.4) is 0 Å². The molecule has 0 aliphatic rings. The lowest BCUT2D eigenvalue weighted by molar-refractivity contribution is 0.427. The van der Waals surface area contributed by atoms with E-state index in [0.29, 0.717) is 0 Å². The van der Waals surface area contributed by atoms with Gasteiger partial charge in [-0.2, -0.15) is 5.10 Å². The van der Waals surface area contributed by atoms with Gasteiger partial charge in [0.2, 0.25) is 0 Å². The summed E-state index contributed by atoms with van der Waals surface area (Å²) < 4.78 is 1.84. The predicted molar refractivity (Wildman–Crippen MR) is 66.3 cm³/mol. The van der Waals surface area contributed by atoms with Crippen LogP contribution in [-0.2, 0) is 7.05 Å². The smallest absolute Gasteiger partial charge is 0.0625 e. The first-order valence-electron chi connectivity index (χ1n) is 5.34. The topological polar surface area (TPSA) is 29.9 Å². The molecule has 0 unspecified atom stereocenters. The Morgan fingerprint density at radius 3 is 2.73 bits per heavy atom. The van der Waals surface area contributed by atoms with E-state index in [1.165, 1.54) is 11.3 Å². The summed E-state index contributed by atoms with van der Waals surface area (Å²) in [4.78, 5) is 1.26. The maximum atomic E-state index is 4.13. The Morgan fingerprint density at radius 1 is 1.47 bits per heavy atom. The molecular formula is C11H21N3S. The second kappa shape index (κ2) is 5.56. The number of aromatic nitrogens is 2. The lowest BCUT2D eigenvalue weighted by atomic mass is 10.1. The van der Waals surface area contributed by atoms with Crippen LogP contribution < -0.4 is 5.32 Å². The number of nitrogens with zero attached hydrogens (tertiary/aromatic N) is 2. The number of rotatable bonds is 5. The Balaban J connectivity index is 2.07. The van der Waals surface area contributed by atoms with Gasteiger partial charge < -0.3 is 5.32 Å². The third-order valence-corrected chi connectivity index (χ3v) is 2.96. The summed E-state index contributed by atoms with van der Waals surface area (Å²) in [6.07, 6.45) is 5.17. The van der Waals surface area contributed by atoms with Gasteiger partial charge >= 0.3 is 0 Å². The van der Waals surface area contributed by atoms with Crippen LogP contribution >= 0.6 is 11.8 Å². The normalized spacial score (nSPS) is 12.0. The first-order chi connectivity index (χ1) is 6.97. The SMILES string of the molecule is Cn1cc(SCCCNC(C)(C)C)cn1. The van der Waals surface area contributed by atoms with Crippen LogP contribution in [0.5, 0.6) is 0 Å². The molecule has 4 heteroatoms. The van der Waals surface area contributed by atoms with Crippen LogP contribution in [0.2, 0.25) is 0 Å². The molecule has 1 rings (SSSR count). The van der Waals surface area contributed by atoms with Crippen LogP contribution in [-0.4, -0.2) is 27.6 Å². The average Bonchev–Trinajstić information content (AvgIpc) is 2.49. The Hall–Kier alpha value is -0.480. The summed E-state index contributed by atoms with van der Waals surface area (Å²) in [6.45, 7) is 7.67. The Bertz CT molecular complexity index is 288. The third-order valence-electron chi connectivity index (χ3n) is 1.93. The third kappa shape index (κ3) is 5.85. The molecule has 0 spiro atoms. The molecule has 0 aliphatic carbocycles.